The lowest BCUT2D eigenvalue weighted by molar-refractivity contribution is -0.137. The van der Waals surface area contributed by atoms with Crippen LogP contribution in [0.1, 0.15) is 24.8 Å². The quantitative estimate of drug-likeness (QED) is 0.296. The van der Waals surface area contributed by atoms with Crippen molar-refractivity contribution in [2.75, 3.05) is 17.3 Å². The SMILES string of the molecule is CCNN(C=O)c1cccc(Oc2ccc(S(=O)(=O)CC(CC(=O)O)c3ccccc3)cc2)c1. The number of hydrogen-bond donors (Lipinski definition) is 2. The number of hydrazine groups is 1. The predicted molar refractivity (Wildman–Crippen MR) is 129 cm³/mol. The van der Waals surface area contributed by atoms with Crippen molar-refractivity contribution < 1.29 is 27.9 Å². The lowest BCUT2D eigenvalue weighted by Gasteiger charge is -2.18. The number of carboxylic acids is 1. The molecule has 0 aliphatic rings. The number of anilines is 1. The van der Waals surface area contributed by atoms with Crippen molar-refractivity contribution in [3.05, 3.63) is 84.4 Å². The monoisotopic (exact) mass is 482 g/mol. The summed E-state index contributed by atoms with van der Waals surface area (Å²) in [6, 6.07) is 21.6. The molecule has 0 saturated carbocycles. The third kappa shape index (κ3) is 6.66. The zero-order chi connectivity index (χ0) is 24.6. The van der Waals surface area contributed by atoms with Gasteiger partial charge in [0.05, 0.1) is 22.8 Å². The molecular formula is C25H26N2O6S. The van der Waals surface area contributed by atoms with Crippen molar-refractivity contribution in [3.8, 4) is 11.5 Å². The average molecular weight is 483 g/mol. The van der Waals surface area contributed by atoms with Gasteiger partial charge in [-0.1, -0.05) is 43.3 Å². The highest BCUT2D eigenvalue weighted by molar-refractivity contribution is 7.91. The van der Waals surface area contributed by atoms with Crippen molar-refractivity contribution in [3.63, 3.8) is 0 Å². The van der Waals surface area contributed by atoms with E-state index in [1.165, 1.54) is 29.3 Å². The molecule has 0 spiro atoms. The van der Waals surface area contributed by atoms with Gasteiger partial charge in [0, 0.05) is 18.5 Å². The highest BCUT2D eigenvalue weighted by Crippen LogP contribution is 2.28. The first-order valence-electron chi connectivity index (χ1n) is 10.7. The Morgan fingerprint density at radius 1 is 1.03 bits per heavy atom. The first kappa shape index (κ1) is 24.9. The third-order valence-corrected chi connectivity index (χ3v) is 6.89. The van der Waals surface area contributed by atoms with E-state index in [9.17, 15) is 23.1 Å². The molecular weight excluding hydrogens is 456 g/mol. The fourth-order valence-corrected chi connectivity index (χ4v) is 5.06. The molecule has 0 fully saturated rings. The van der Waals surface area contributed by atoms with Gasteiger partial charge < -0.3 is 9.84 Å². The third-order valence-electron chi connectivity index (χ3n) is 5.06. The summed E-state index contributed by atoms with van der Waals surface area (Å²) >= 11 is 0. The van der Waals surface area contributed by atoms with Gasteiger partial charge in [-0.25, -0.2) is 18.9 Å². The number of sulfone groups is 1. The van der Waals surface area contributed by atoms with E-state index in [-0.39, 0.29) is 17.1 Å². The molecule has 178 valence electrons. The minimum atomic E-state index is -3.74. The lowest BCUT2D eigenvalue weighted by Crippen LogP contribution is -2.36. The molecule has 0 bridgehead atoms. The highest BCUT2D eigenvalue weighted by Gasteiger charge is 2.25. The molecule has 0 saturated heterocycles. The van der Waals surface area contributed by atoms with Crippen LogP contribution in [0.25, 0.3) is 0 Å². The minimum Gasteiger partial charge on any atom is -0.481 e. The summed E-state index contributed by atoms with van der Waals surface area (Å²) in [6.07, 6.45) is 0.376. The molecule has 1 unspecified atom stereocenters. The van der Waals surface area contributed by atoms with E-state index in [4.69, 9.17) is 4.74 Å². The van der Waals surface area contributed by atoms with E-state index in [0.29, 0.717) is 35.7 Å². The van der Waals surface area contributed by atoms with Crippen LogP contribution in [0.5, 0.6) is 11.5 Å². The van der Waals surface area contributed by atoms with E-state index < -0.39 is 21.7 Å². The van der Waals surface area contributed by atoms with Crippen LogP contribution in [0.2, 0.25) is 0 Å². The number of benzene rings is 3. The van der Waals surface area contributed by atoms with E-state index in [2.05, 4.69) is 5.43 Å². The topological polar surface area (TPSA) is 113 Å². The maximum Gasteiger partial charge on any atom is 0.303 e. The molecule has 2 N–H and O–H groups in total. The Morgan fingerprint density at radius 3 is 2.35 bits per heavy atom. The predicted octanol–water partition coefficient (Wildman–Crippen LogP) is 4.00. The number of carbonyl (C=O) groups excluding carboxylic acids is 1. The molecule has 3 rings (SSSR count). The maximum atomic E-state index is 13.0. The zero-order valence-corrected chi connectivity index (χ0v) is 19.4. The molecule has 3 aromatic rings. The first-order chi connectivity index (χ1) is 16.3. The van der Waals surface area contributed by atoms with Gasteiger partial charge in [-0.05, 0) is 42.0 Å². The Morgan fingerprint density at radius 2 is 1.74 bits per heavy atom. The van der Waals surface area contributed by atoms with Crippen LogP contribution in [0, 0.1) is 0 Å². The summed E-state index contributed by atoms with van der Waals surface area (Å²) in [5, 5.41) is 10.6. The number of nitrogens with one attached hydrogen (secondary N) is 1. The highest BCUT2D eigenvalue weighted by atomic mass is 32.2. The van der Waals surface area contributed by atoms with Crippen LogP contribution >= 0.6 is 0 Å². The van der Waals surface area contributed by atoms with Gasteiger partial charge in [0.1, 0.15) is 11.5 Å². The summed E-state index contributed by atoms with van der Waals surface area (Å²) in [7, 11) is -3.74. The van der Waals surface area contributed by atoms with Crippen molar-refractivity contribution in [2.45, 2.75) is 24.2 Å². The fraction of sp³-hybridized carbons (Fsp3) is 0.200. The smallest absolute Gasteiger partial charge is 0.303 e. The van der Waals surface area contributed by atoms with E-state index in [1.807, 2.05) is 6.92 Å². The van der Waals surface area contributed by atoms with Crippen molar-refractivity contribution in [1.82, 2.24) is 5.43 Å². The second kappa shape index (κ2) is 11.4. The molecule has 1 amide bonds. The number of nitrogens with zero attached hydrogens (tertiary/aromatic N) is 1. The average Bonchev–Trinajstić information content (AvgIpc) is 2.83. The van der Waals surface area contributed by atoms with Crippen molar-refractivity contribution in [1.29, 1.82) is 0 Å². The normalized spacial score (nSPS) is 12.0. The molecule has 34 heavy (non-hydrogen) atoms. The van der Waals surface area contributed by atoms with E-state index >= 15 is 0 Å². The number of amides is 1. The van der Waals surface area contributed by atoms with Gasteiger partial charge >= 0.3 is 5.97 Å². The Kier molecular flexibility index (Phi) is 8.39. The molecule has 0 radical (unpaired) electrons. The molecule has 0 aliphatic heterocycles. The summed E-state index contributed by atoms with van der Waals surface area (Å²) in [5.74, 6) is -1.15. The summed E-state index contributed by atoms with van der Waals surface area (Å²) in [6.45, 7) is 2.44. The molecule has 0 aliphatic carbocycles. The Hall–Kier alpha value is -3.69. The standard InChI is InChI=1S/C25H26N2O6S/c1-2-26-27(18-28)21-9-6-10-23(16-21)33-22-11-13-24(14-12-22)34(31,32)17-20(15-25(29)30)19-7-4-3-5-8-19/h3-14,16,18,20,26H,2,15,17H2,1H3,(H,29,30). The van der Waals surface area contributed by atoms with Gasteiger partial charge in [-0.3, -0.25) is 9.59 Å². The van der Waals surface area contributed by atoms with Crippen LogP contribution in [0.3, 0.4) is 0 Å². The van der Waals surface area contributed by atoms with Crippen LogP contribution in [0.4, 0.5) is 5.69 Å². The van der Waals surface area contributed by atoms with Gasteiger partial charge in [-0.15, -0.1) is 0 Å². The largest absolute Gasteiger partial charge is 0.481 e. The number of carboxylic acid groups (broad SMARTS) is 1. The first-order valence-corrected chi connectivity index (χ1v) is 12.3. The lowest BCUT2D eigenvalue weighted by atomic mass is 9.98. The fourth-order valence-electron chi connectivity index (χ4n) is 3.48. The van der Waals surface area contributed by atoms with Crippen molar-refractivity contribution in [2.24, 2.45) is 0 Å². The molecule has 3 aromatic carbocycles. The van der Waals surface area contributed by atoms with Gasteiger partial charge in [-0.2, -0.15) is 0 Å². The number of hydrogen-bond acceptors (Lipinski definition) is 6. The molecule has 9 heteroatoms. The van der Waals surface area contributed by atoms with Crippen LogP contribution < -0.4 is 15.2 Å². The van der Waals surface area contributed by atoms with Crippen LogP contribution in [-0.2, 0) is 19.4 Å². The number of aliphatic carboxylic acids is 1. The molecule has 8 nitrogen and oxygen atoms in total. The van der Waals surface area contributed by atoms with Crippen molar-refractivity contribution >= 4 is 27.9 Å². The van der Waals surface area contributed by atoms with E-state index in [0.717, 1.165) is 0 Å². The van der Waals surface area contributed by atoms with Gasteiger partial charge in [0.25, 0.3) is 0 Å². The van der Waals surface area contributed by atoms with E-state index in [1.54, 1.807) is 54.6 Å². The second-order valence-corrected chi connectivity index (χ2v) is 9.58. The maximum absolute atomic E-state index is 13.0. The Balaban J connectivity index is 1.75. The number of rotatable bonds is 12. The summed E-state index contributed by atoms with van der Waals surface area (Å²) in [5.41, 5.74) is 4.17. The Bertz CT molecular complexity index is 1210. The Labute approximate surface area is 198 Å². The zero-order valence-electron chi connectivity index (χ0n) is 18.6. The molecule has 0 heterocycles. The number of ether oxygens (including phenoxy) is 1. The van der Waals surface area contributed by atoms with Crippen LogP contribution in [-0.4, -0.2) is 38.2 Å². The second-order valence-electron chi connectivity index (χ2n) is 7.54. The van der Waals surface area contributed by atoms with Crippen LogP contribution in [0.15, 0.2) is 83.8 Å². The summed E-state index contributed by atoms with van der Waals surface area (Å²) < 4.78 is 31.8. The summed E-state index contributed by atoms with van der Waals surface area (Å²) in [4.78, 5) is 22.6. The minimum absolute atomic E-state index is 0.0826. The van der Waals surface area contributed by atoms with Gasteiger partial charge in [0.15, 0.2) is 9.84 Å². The molecule has 0 aromatic heterocycles. The molecule has 1 atom stereocenters. The van der Waals surface area contributed by atoms with Gasteiger partial charge in [0.2, 0.25) is 6.41 Å². The number of carbonyl (C=O) groups is 2.